The normalized spacial score (nSPS) is 10.1. The molecule has 0 saturated heterocycles. The van der Waals surface area contributed by atoms with E-state index >= 15 is 0 Å². The molecule has 0 bridgehead atoms. The first-order valence-corrected chi connectivity index (χ1v) is 6.14. The molecule has 6 nitrogen and oxygen atoms in total. The largest absolute Gasteiger partial charge is 0.395 e. The lowest BCUT2D eigenvalue weighted by Crippen LogP contribution is -2.26. The summed E-state index contributed by atoms with van der Waals surface area (Å²) in [6, 6.07) is 1.83. The van der Waals surface area contributed by atoms with E-state index in [0.717, 1.165) is 15.0 Å². The molecule has 0 aromatic carbocycles. The smallest absolute Gasteiger partial charge is 0.344 e. The fourth-order valence-corrected chi connectivity index (χ4v) is 2.23. The lowest BCUT2D eigenvalue weighted by Gasteiger charge is -1.97. The van der Waals surface area contributed by atoms with Crippen molar-refractivity contribution in [2.75, 3.05) is 6.61 Å². The van der Waals surface area contributed by atoms with E-state index in [9.17, 15) is 9.59 Å². The summed E-state index contributed by atoms with van der Waals surface area (Å²) in [7, 11) is 0. The molecule has 0 amide bonds. The monoisotopic (exact) mass is 265 g/mol. The summed E-state index contributed by atoms with van der Waals surface area (Å²) < 4.78 is 1.07. The minimum atomic E-state index is -0.470. The zero-order valence-electron chi connectivity index (χ0n) is 9.40. The molecule has 0 saturated carbocycles. The molecule has 2 heterocycles. The average molecular weight is 265 g/mol. The average Bonchev–Trinajstić information content (AvgIpc) is 2.92. The lowest BCUT2D eigenvalue weighted by molar-refractivity contribution is 0.305. The summed E-state index contributed by atoms with van der Waals surface area (Å²) in [5.41, 5.74) is -0.161. The molecule has 0 aliphatic heterocycles. The van der Waals surface area contributed by atoms with Crippen molar-refractivity contribution in [3.05, 3.63) is 42.9 Å². The number of rotatable bonds is 3. The van der Waals surface area contributed by atoms with Gasteiger partial charge in [0.15, 0.2) is 0 Å². The van der Waals surface area contributed by atoms with Gasteiger partial charge in [0.25, 0.3) is 0 Å². The first-order chi connectivity index (χ1) is 8.72. The van der Waals surface area contributed by atoms with Gasteiger partial charge in [0.05, 0.1) is 13.2 Å². The molecule has 2 aromatic heterocycles. The molecular weight excluding hydrogens is 254 g/mol. The second-order valence-electron chi connectivity index (χ2n) is 3.48. The van der Waals surface area contributed by atoms with Crippen LogP contribution in [0.15, 0.2) is 21.0 Å². The molecule has 18 heavy (non-hydrogen) atoms. The molecule has 0 aliphatic rings. The molecule has 0 aliphatic carbocycles. The van der Waals surface area contributed by atoms with Crippen molar-refractivity contribution in [2.45, 2.75) is 13.0 Å². The van der Waals surface area contributed by atoms with E-state index in [-0.39, 0.29) is 13.2 Å². The predicted octanol–water partition coefficient (Wildman–Crippen LogP) is -0.292. The first kappa shape index (κ1) is 12.4. The second kappa shape index (κ2) is 5.53. The van der Waals surface area contributed by atoms with Gasteiger partial charge in [0.2, 0.25) is 0 Å². The quantitative estimate of drug-likeness (QED) is 0.666. The number of hydrogen-bond donors (Lipinski definition) is 3. The number of aromatic nitrogens is 3. The Morgan fingerprint density at radius 1 is 1.33 bits per heavy atom. The van der Waals surface area contributed by atoms with Gasteiger partial charge in [-0.15, -0.1) is 11.3 Å². The van der Waals surface area contributed by atoms with Gasteiger partial charge in [0.1, 0.15) is 0 Å². The third-order valence-electron chi connectivity index (χ3n) is 2.27. The van der Waals surface area contributed by atoms with Crippen molar-refractivity contribution in [3.63, 3.8) is 0 Å². The van der Waals surface area contributed by atoms with Gasteiger partial charge in [-0.1, -0.05) is 11.8 Å². The van der Waals surface area contributed by atoms with E-state index in [2.05, 4.69) is 22.0 Å². The zero-order valence-corrected chi connectivity index (χ0v) is 10.2. The van der Waals surface area contributed by atoms with Crippen molar-refractivity contribution in [1.82, 2.24) is 14.8 Å². The fourth-order valence-electron chi connectivity index (χ4n) is 1.41. The Morgan fingerprint density at radius 2 is 2.06 bits per heavy atom. The van der Waals surface area contributed by atoms with E-state index < -0.39 is 11.4 Å². The first-order valence-electron chi connectivity index (χ1n) is 5.26. The van der Waals surface area contributed by atoms with E-state index in [0.29, 0.717) is 6.42 Å². The summed E-state index contributed by atoms with van der Waals surface area (Å²) in [4.78, 5) is 23.5. The van der Waals surface area contributed by atoms with Crippen molar-refractivity contribution < 1.29 is 5.11 Å². The van der Waals surface area contributed by atoms with Crippen LogP contribution in [-0.2, 0) is 6.54 Å². The number of aromatic amines is 2. The Balaban J connectivity index is 2.26. The van der Waals surface area contributed by atoms with Crippen LogP contribution in [0.3, 0.4) is 0 Å². The van der Waals surface area contributed by atoms with Gasteiger partial charge in [-0.3, -0.25) is 0 Å². The Hall–Kier alpha value is -2.04. The van der Waals surface area contributed by atoms with E-state index in [1.807, 2.05) is 11.4 Å². The van der Waals surface area contributed by atoms with Crippen molar-refractivity contribution in [1.29, 1.82) is 0 Å². The second-order valence-corrected chi connectivity index (χ2v) is 4.48. The van der Waals surface area contributed by atoms with Gasteiger partial charge in [-0.2, -0.15) is 0 Å². The third kappa shape index (κ3) is 2.61. The number of H-pyrrole nitrogens is 2. The van der Waals surface area contributed by atoms with Gasteiger partial charge in [-0.05, 0) is 11.4 Å². The van der Waals surface area contributed by atoms with Crippen LogP contribution >= 0.6 is 11.3 Å². The van der Waals surface area contributed by atoms with Gasteiger partial charge in [-0.25, -0.2) is 24.4 Å². The molecule has 2 rings (SSSR count). The minimum Gasteiger partial charge on any atom is -0.395 e. The van der Waals surface area contributed by atoms with Crippen LogP contribution in [0.1, 0.15) is 16.9 Å². The Bertz CT molecular complexity index is 668. The topological polar surface area (TPSA) is 90.9 Å². The van der Waals surface area contributed by atoms with Crippen molar-refractivity contribution in [3.8, 4) is 11.8 Å². The molecule has 0 spiro atoms. The Labute approximate surface area is 106 Å². The Morgan fingerprint density at radius 3 is 2.72 bits per heavy atom. The summed E-state index contributed by atoms with van der Waals surface area (Å²) in [6.45, 7) is 0.210. The highest BCUT2D eigenvalue weighted by atomic mass is 32.1. The molecule has 0 radical (unpaired) electrons. The molecule has 3 N–H and O–H groups in total. The standard InChI is InChI=1S/C11H11N3O3S/c15-5-2-1-3-8-4-6-18-9(8)7-14-10(16)12-13-11(14)17/h4,6,15H,2,5,7H2,(H,12,16)(H,13,17). The van der Waals surface area contributed by atoms with Crippen LogP contribution in [-0.4, -0.2) is 26.5 Å². The molecule has 0 fully saturated rings. The highest BCUT2D eigenvalue weighted by Gasteiger charge is 2.07. The summed E-state index contributed by atoms with van der Waals surface area (Å²) >= 11 is 1.43. The number of nitrogens with one attached hydrogen (secondary N) is 2. The number of hydrogen-bond acceptors (Lipinski definition) is 4. The minimum absolute atomic E-state index is 0.0173. The third-order valence-corrected chi connectivity index (χ3v) is 3.18. The van der Waals surface area contributed by atoms with Crippen LogP contribution in [0, 0.1) is 11.8 Å². The maximum absolute atomic E-state index is 11.3. The summed E-state index contributed by atoms with van der Waals surface area (Å²) in [5, 5.41) is 15.0. The SMILES string of the molecule is O=c1[nH][nH]c(=O)n1Cc1sccc1C#CCCO. The van der Waals surface area contributed by atoms with Crippen molar-refractivity contribution in [2.24, 2.45) is 0 Å². The van der Waals surface area contributed by atoms with Gasteiger partial charge in [0, 0.05) is 16.9 Å². The maximum atomic E-state index is 11.3. The number of nitrogens with zero attached hydrogens (tertiary/aromatic N) is 1. The fraction of sp³-hybridized carbons (Fsp3) is 0.273. The molecular formula is C11H11N3O3S. The molecule has 7 heteroatoms. The maximum Gasteiger partial charge on any atom is 0.344 e. The zero-order chi connectivity index (χ0) is 13.0. The molecule has 0 atom stereocenters. The summed E-state index contributed by atoms with van der Waals surface area (Å²) in [6.07, 6.45) is 0.403. The lowest BCUT2D eigenvalue weighted by atomic mass is 10.2. The number of thiophene rings is 1. The summed E-state index contributed by atoms with van der Waals surface area (Å²) in [5.74, 6) is 5.72. The van der Waals surface area contributed by atoms with Crippen molar-refractivity contribution >= 4 is 11.3 Å². The van der Waals surface area contributed by atoms with Crippen LogP contribution in [0.5, 0.6) is 0 Å². The molecule has 94 valence electrons. The van der Waals surface area contributed by atoms with Crippen LogP contribution in [0.4, 0.5) is 0 Å². The van der Waals surface area contributed by atoms with Crippen LogP contribution in [0.2, 0.25) is 0 Å². The Kier molecular flexibility index (Phi) is 3.82. The highest BCUT2D eigenvalue weighted by molar-refractivity contribution is 7.10. The number of aliphatic hydroxyl groups excluding tert-OH is 1. The van der Waals surface area contributed by atoms with Gasteiger partial charge >= 0.3 is 11.4 Å². The van der Waals surface area contributed by atoms with E-state index in [4.69, 9.17) is 5.11 Å². The van der Waals surface area contributed by atoms with Crippen LogP contribution in [0.25, 0.3) is 0 Å². The highest BCUT2D eigenvalue weighted by Crippen LogP contribution is 2.16. The molecule has 0 unspecified atom stereocenters. The number of aliphatic hydroxyl groups is 1. The van der Waals surface area contributed by atoms with E-state index in [1.54, 1.807) is 0 Å². The molecule has 2 aromatic rings. The predicted molar refractivity (Wildman–Crippen MR) is 67.7 cm³/mol. The van der Waals surface area contributed by atoms with Gasteiger partial charge < -0.3 is 5.11 Å². The van der Waals surface area contributed by atoms with Crippen LogP contribution < -0.4 is 11.4 Å². The van der Waals surface area contributed by atoms with E-state index in [1.165, 1.54) is 11.3 Å².